The van der Waals surface area contributed by atoms with Gasteiger partial charge in [-0.2, -0.15) is 0 Å². The molecule has 2 aliphatic heterocycles. The Hall–Kier alpha value is -2.87. The number of piperidine rings is 1. The van der Waals surface area contributed by atoms with E-state index in [1.807, 2.05) is 6.08 Å². The maximum atomic E-state index is 13.0. The van der Waals surface area contributed by atoms with Gasteiger partial charge in [-0.3, -0.25) is 19.7 Å². The number of nitro groups is 1. The van der Waals surface area contributed by atoms with Crippen molar-refractivity contribution < 1.29 is 14.5 Å². The minimum Gasteiger partial charge on any atom is -0.343 e. The first-order valence-electron chi connectivity index (χ1n) is 10.3. The number of likely N-dealkylation sites (tertiary alicyclic amines) is 1. The molecule has 0 bridgehead atoms. The van der Waals surface area contributed by atoms with Gasteiger partial charge in [0.05, 0.1) is 22.2 Å². The number of nitro benzene ring substituents is 1. The zero-order valence-electron chi connectivity index (χ0n) is 17.6. The number of nitrogens with zero attached hydrogens (tertiary/aromatic N) is 3. The van der Waals surface area contributed by atoms with Crippen LogP contribution < -0.4 is 5.32 Å². The predicted molar refractivity (Wildman–Crippen MR) is 116 cm³/mol. The van der Waals surface area contributed by atoms with Crippen molar-refractivity contribution in [1.29, 1.82) is 0 Å². The molecule has 3 aliphatic rings. The zero-order chi connectivity index (χ0) is 22.4. The van der Waals surface area contributed by atoms with Crippen molar-refractivity contribution in [2.24, 2.45) is 5.41 Å². The molecule has 1 aromatic carbocycles. The lowest BCUT2D eigenvalue weighted by atomic mass is 9.81. The molecule has 1 spiro atoms. The van der Waals surface area contributed by atoms with Crippen LogP contribution in [0.25, 0.3) is 0 Å². The fourth-order valence-electron chi connectivity index (χ4n) is 4.69. The number of carbonyl (C=O) groups is 2. The van der Waals surface area contributed by atoms with Gasteiger partial charge in [0.25, 0.3) is 11.6 Å². The Morgan fingerprint density at radius 1 is 1.26 bits per heavy atom. The molecule has 1 N–H and O–H groups in total. The van der Waals surface area contributed by atoms with Crippen LogP contribution in [0.1, 0.15) is 43.5 Å². The van der Waals surface area contributed by atoms with Gasteiger partial charge < -0.3 is 15.1 Å². The number of rotatable bonds is 3. The summed E-state index contributed by atoms with van der Waals surface area (Å²) in [5.74, 6) is -0.276. The second kappa shape index (κ2) is 7.67. The second-order valence-corrected chi connectivity index (χ2v) is 9.43. The molecule has 0 saturated carbocycles. The highest BCUT2D eigenvalue weighted by Crippen LogP contribution is 2.41. The van der Waals surface area contributed by atoms with E-state index in [1.165, 1.54) is 18.2 Å². The van der Waals surface area contributed by atoms with Gasteiger partial charge in [0, 0.05) is 30.9 Å². The highest BCUT2D eigenvalue weighted by molar-refractivity contribution is 6.34. The van der Waals surface area contributed by atoms with Crippen LogP contribution in [-0.4, -0.2) is 51.8 Å². The first-order chi connectivity index (χ1) is 14.6. The predicted octanol–water partition coefficient (Wildman–Crippen LogP) is 3.48. The lowest BCUT2D eigenvalue weighted by Crippen LogP contribution is -2.56. The number of carbonyl (C=O) groups excluding carboxylic acids is 2. The summed E-state index contributed by atoms with van der Waals surface area (Å²) in [5.41, 5.74) is 0.570. The van der Waals surface area contributed by atoms with E-state index in [4.69, 9.17) is 11.6 Å². The van der Waals surface area contributed by atoms with Gasteiger partial charge in [0.2, 0.25) is 5.91 Å². The summed E-state index contributed by atoms with van der Waals surface area (Å²) < 4.78 is 0. The molecule has 31 heavy (non-hydrogen) atoms. The van der Waals surface area contributed by atoms with Crippen LogP contribution in [0.15, 0.2) is 42.1 Å². The molecule has 2 heterocycles. The van der Waals surface area contributed by atoms with Gasteiger partial charge >= 0.3 is 0 Å². The van der Waals surface area contributed by atoms with Crippen LogP contribution in [0.3, 0.4) is 0 Å². The Labute approximate surface area is 185 Å². The Morgan fingerprint density at radius 2 is 1.97 bits per heavy atom. The van der Waals surface area contributed by atoms with E-state index in [0.29, 0.717) is 32.6 Å². The van der Waals surface area contributed by atoms with Crippen LogP contribution in [0, 0.1) is 15.5 Å². The molecule has 2 amide bonds. The lowest BCUT2D eigenvalue weighted by Gasteiger charge is -2.45. The normalized spacial score (nSPS) is 21.8. The van der Waals surface area contributed by atoms with Crippen LogP contribution in [0.5, 0.6) is 0 Å². The minimum atomic E-state index is -0.664. The summed E-state index contributed by atoms with van der Waals surface area (Å²) in [6.07, 6.45) is 8.16. The zero-order valence-corrected chi connectivity index (χ0v) is 18.3. The molecule has 4 rings (SSSR count). The topological polar surface area (TPSA) is 95.8 Å². The summed E-state index contributed by atoms with van der Waals surface area (Å²) >= 11 is 6.14. The van der Waals surface area contributed by atoms with Crippen LogP contribution >= 0.6 is 11.6 Å². The molecule has 9 heteroatoms. The Kier molecular flexibility index (Phi) is 5.29. The third-order valence-corrected chi connectivity index (χ3v) is 6.74. The summed E-state index contributed by atoms with van der Waals surface area (Å²) in [5, 5.41) is 14.0. The Balaban J connectivity index is 1.51. The van der Waals surface area contributed by atoms with Gasteiger partial charge in [-0.1, -0.05) is 37.6 Å². The maximum absolute atomic E-state index is 13.0. The molecule has 8 nitrogen and oxygen atoms in total. The van der Waals surface area contributed by atoms with Gasteiger partial charge in [-0.15, -0.1) is 0 Å². The van der Waals surface area contributed by atoms with E-state index in [9.17, 15) is 19.7 Å². The van der Waals surface area contributed by atoms with Crippen LogP contribution in [0.2, 0.25) is 5.02 Å². The van der Waals surface area contributed by atoms with Crippen molar-refractivity contribution in [2.75, 3.05) is 19.8 Å². The van der Waals surface area contributed by atoms with Gasteiger partial charge in [-0.25, -0.2) is 0 Å². The largest absolute Gasteiger partial charge is 0.343 e. The van der Waals surface area contributed by atoms with Crippen molar-refractivity contribution in [3.8, 4) is 0 Å². The van der Waals surface area contributed by atoms with Gasteiger partial charge in [0.1, 0.15) is 5.54 Å². The van der Waals surface area contributed by atoms with Crippen LogP contribution in [-0.2, 0) is 4.79 Å². The number of hydrogen-bond acceptors (Lipinski definition) is 5. The van der Waals surface area contributed by atoms with E-state index in [1.54, 1.807) is 4.90 Å². The van der Waals surface area contributed by atoms with E-state index in [0.717, 1.165) is 12.1 Å². The number of allylic oxidation sites excluding steroid dienone is 4. The number of hydrogen-bond donors (Lipinski definition) is 1. The van der Waals surface area contributed by atoms with Crippen LogP contribution in [0.4, 0.5) is 5.69 Å². The van der Waals surface area contributed by atoms with E-state index < -0.39 is 10.5 Å². The highest BCUT2D eigenvalue weighted by atomic mass is 35.5. The van der Waals surface area contributed by atoms with Crippen molar-refractivity contribution in [3.05, 3.63) is 62.8 Å². The molecule has 2 saturated heterocycles. The molecule has 164 valence electrons. The molecular formula is C22H25ClN4O4. The molecule has 1 aliphatic carbocycles. The van der Waals surface area contributed by atoms with Crippen molar-refractivity contribution in [2.45, 2.75) is 38.6 Å². The summed E-state index contributed by atoms with van der Waals surface area (Å²) in [6, 6.07) is 3.86. The number of non-ortho nitro benzene ring substituents is 1. The average Bonchev–Trinajstić information content (AvgIpc) is 3.03. The van der Waals surface area contributed by atoms with E-state index >= 15 is 0 Å². The summed E-state index contributed by atoms with van der Waals surface area (Å²) in [4.78, 5) is 40.1. The third kappa shape index (κ3) is 3.80. The smallest absolute Gasteiger partial charge is 0.270 e. The average molecular weight is 445 g/mol. The molecule has 0 atom stereocenters. The maximum Gasteiger partial charge on any atom is 0.270 e. The van der Waals surface area contributed by atoms with E-state index in [2.05, 4.69) is 36.2 Å². The van der Waals surface area contributed by atoms with Gasteiger partial charge in [0.15, 0.2) is 0 Å². The molecule has 1 aromatic rings. The molecule has 0 radical (unpaired) electrons. The summed E-state index contributed by atoms with van der Waals surface area (Å²) in [6.45, 7) is 5.62. The monoisotopic (exact) mass is 444 g/mol. The standard InChI is InChI=1S/C22H25ClN4O4/c1-21(2)7-3-4-16(13-21)26-14-24-20(29)22(26)8-10-25(11-9-22)19(28)17-6-5-15(27(30)31)12-18(17)23/h3-7,12H,8-11,13-14H2,1-2H3,(H,24,29). The minimum absolute atomic E-state index is 0.00114. The highest BCUT2D eigenvalue weighted by Gasteiger charge is 2.51. The SMILES string of the molecule is CC1(C)C=CC=C(N2CNC(=O)C23CCN(C(=O)c2ccc([N+](=O)[O-])cc2Cl)CC3)C1. The lowest BCUT2D eigenvalue weighted by molar-refractivity contribution is -0.384. The Morgan fingerprint density at radius 3 is 2.58 bits per heavy atom. The molecule has 2 fully saturated rings. The number of nitrogens with one attached hydrogen (secondary N) is 1. The fourth-order valence-corrected chi connectivity index (χ4v) is 4.95. The number of halogens is 1. The molecule has 0 unspecified atom stereocenters. The first-order valence-corrected chi connectivity index (χ1v) is 10.7. The summed E-state index contributed by atoms with van der Waals surface area (Å²) in [7, 11) is 0. The molecule has 0 aromatic heterocycles. The van der Waals surface area contributed by atoms with Crippen molar-refractivity contribution >= 4 is 29.1 Å². The second-order valence-electron chi connectivity index (χ2n) is 9.02. The Bertz CT molecular complexity index is 1010. The van der Waals surface area contributed by atoms with Gasteiger partial charge in [-0.05, 0) is 36.8 Å². The number of amides is 2. The number of benzene rings is 1. The first kappa shape index (κ1) is 21.4. The van der Waals surface area contributed by atoms with Crippen molar-refractivity contribution in [3.63, 3.8) is 0 Å². The fraction of sp³-hybridized carbons (Fsp3) is 0.455. The molecular weight excluding hydrogens is 420 g/mol. The quantitative estimate of drug-likeness (QED) is 0.568. The van der Waals surface area contributed by atoms with E-state index in [-0.39, 0.29) is 33.5 Å². The third-order valence-electron chi connectivity index (χ3n) is 6.43. The van der Waals surface area contributed by atoms with Crippen molar-refractivity contribution in [1.82, 2.24) is 15.1 Å².